The highest BCUT2D eigenvalue weighted by Crippen LogP contribution is 2.38. The van der Waals surface area contributed by atoms with Crippen molar-refractivity contribution in [3.8, 4) is 17.1 Å². The van der Waals surface area contributed by atoms with Crippen LogP contribution in [0.3, 0.4) is 0 Å². The van der Waals surface area contributed by atoms with Crippen LogP contribution in [0.15, 0.2) is 54.7 Å². The zero-order valence-corrected chi connectivity index (χ0v) is 31.4. The first-order valence-corrected chi connectivity index (χ1v) is 18.5. The third-order valence-corrected chi connectivity index (χ3v) is 10.9. The van der Waals surface area contributed by atoms with Crippen LogP contribution in [0.5, 0.6) is 5.75 Å². The first-order valence-electron chi connectivity index (χ1n) is 15.9. The number of aromatic nitrogens is 3. The number of hydrogen-bond acceptors (Lipinski definition) is 5. The number of aromatic amines is 1. The number of esters is 1. The summed E-state index contributed by atoms with van der Waals surface area (Å²) in [7, 11) is 0. The van der Waals surface area contributed by atoms with Gasteiger partial charge in [0.25, 0.3) is 0 Å². The molecular formula is C36H33Cl4N5O4S. The summed E-state index contributed by atoms with van der Waals surface area (Å²) in [6, 6.07) is 13.5. The van der Waals surface area contributed by atoms with E-state index in [0.29, 0.717) is 44.5 Å². The van der Waals surface area contributed by atoms with Gasteiger partial charge in [-0.3, -0.25) is 14.3 Å². The van der Waals surface area contributed by atoms with Crippen LogP contribution >= 0.6 is 46.4 Å². The Morgan fingerprint density at radius 3 is 2.40 bits per heavy atom. The maximum Gasteiger partial charge on any atom is 0.331 e. The van der Waals surface area contributed by atoms with Crippen molar-refractivity contribution in [1.82, 2.24) is 14.6 Å². The molecule has 3 atom stereocenters. The fourth-order valence-electron chi connectivity index (χ4n) is 6.76. The fourth-order valence-corrected chi connectivity index (χ4v) is 8.24. The molecule has 3 unspecified atom stereocenters. The lowest BCUT2D eigenvalue weighted by molar-refractivity contribution is -0.0249. The predicted molar refractivity (Wildman–Crippen MR) is 200 cm³/mol. The molecule has 0 aliphatic heterocycles. The molecule has 0 radical (unpaired) electrons. The zero-order chi connectivity index (χ0) is 35.9. The summed E-state index contributed by atoms with van der Waals surface area (Å²) in [5.41, 5.74) is 3.95. The van der Waals surface area contributed by atoms with Crippen LogP contribution in [0, 0.1) is 31.2 Å². The highest BCUT2D eigenvalue weighted by molar-refractivity contribution is 7.82. The lowest BCUT2D eigenvalue weighted by Gasteiger charge is -2.37. The van der Waals surface area contributed by atoms with Gasteiger partial charge in [0.1, 0.15) is 11.7 Å². The second kappa shape index (κ2) is 14.9. The Morgan fingerprint density at radius 1 is 1.02 bits per heavy atom. The molecule has 1 saturated carbocycles. The van der Waals surface area contributed by atoms with Gasteiger partial charge in [-0.2, -0.15) is 4.21 Å². The molecule has 2 heterocycles. The van der Waals surface area contributed by atoms with Crippen molar-refractivity contribution in [1.29, 1.82) is 0 Å². The molecule has 1 fully saturated rings. The maximum atomic E-state index is 13.7. The molecule has 0 bridgehead atoms. The molecule has 3 aromatic carbocycles. The average molecular weight is 774 g/mol. The first kappa shape index (κ1) is 36.1. The molecule has 6 rings (SSSR count). The van der Waals surface area contributed by atoms with Crippen molar-refractivity contribution in [3.05, 3.63) is 108 Å². The summed E-state index contributed by atoms with van der Waals surface area (Å²) in [6.45, 7) is 16.0. The summed E-state index contributed by atoms with van der Waals surface area (Å²) in [5.74, 6) is 0.894. The van der Waals surface area contributed by atoms with E-state index in [1.165, 1.54) is 16.8 Å². The van der Waals surface area contributed by atoms with Crippen LogP contribution in [0.2, 0.25) is 20.1 Å². The Hall–Kier alpha value is -3.72. The van der Waals surface area contributed by atoms with E-state index in [9.17, 15) is 9.00 Å². The molecule has 9 nitrogen and oxygen atoms in total. The number of H-pyrrole nitrogens is 1. The molecule has 5 aromatic rings. The average Bonchev–Trinajstić information content (AvgIpc) is 3.62. The van der Waals surface area contributed by atoms with Crippen molar-refractivity contribution in [2.24, 2.45) is 17.8 Å². The molecule has 0 saturated heterocycles. The Balaban J connectivity index is 1.38. The van der Waals surface area contributed by atoms with Crippen LogP contribution in [0.4, 0.5) is 11.4 Å². The van der Waals surface area contributed by atoms with Crippen molar-refractivity contribution in [2.75, 3.05) is 4.72 Å². The molecular weight excluding hydrogens is 740 g/mol. The number of ether oxygens (including phenoxy) is 1. The van der Waals surface area contributed by atoms with E-state index in [1.54, 1.807) is 36.4 Å². The number of anilines is 1. The molecule has 0 amide bonds. The van der Waals surface area contributed by atoms with Gasteiger partial charge in [0.15, 0.2) is 17.2 Å². The van der Waals surface area contributed by atoms with E-state index >= 15 is 0 Å². The summed E-state index contributed by atoms with van der Waals surface area (Å²) >= 11 is 23.1. The number of nitrogens with one attached hydrogen (secondary N) is 2. The number of nitrogens with zero attached hydrogens (tertiary/aromatic N) is 3. The van der Waals surface area contributed by atoms with Gasteiger partial charge < -0.3 is 8.92 Å². The zero-order valence-electron chi connectivity index (χ0n) is 27.5. The predicted octanol–water partition coefficient (Wildman–Crippen LogP) is 10.7. The minimum absolute atomic E-state index is 0.102. The second-order valence-corrected chi connectivity index (χ2v) is 15.4. The highest BCUT2D eigenvalue weighted by atomic mass is 35.5. The van der Waals surface area contributed by atoms with Crippen LogP contribution in [0.1, 0.15) is 60.7 Å². The Morgan fingerprint density at radius 2 is 1.70 bits per heavy atom. The number of halogens is 4. The summed E-state index contributed by atoms with van der Waals surface area (Å²) < 4.78 is 29.4. The number of hydrogen-bond donors (Lipinski definition) is 2. The van der Waals surface area contributed by atoms with Crippen LogP contribution in [-0.4, -0.2) is 30.9 Å². The molecule has 14 heteroatoms. The summed E-state index contributed by atoms with van der Waals surface area (Å²) in [5, 5.41) is 4.88. The van der Waals surface area contributed by atoms with Crippen LogP contribution in [-0.2, 0) is 22.4 Å². The van der Waals surface area contributed by atoms with E-state index < -0.39 is 17.2 Å². The van der Waals surface area contributed by atoms with E-state index in [-0.39, 0.29) is 45.6 Å². The van der Waals surface area contributed by atoms with E-state index in [1.807, 2.05) is 13.0 Å². The molecule has 2 aromatic heterocycles. The Kier molecular flexibility index (Phi) is 10.7. The number of carbonyl (C=O) groups is 1. The minimum atomic E-state index is -2.08. The quantitative estimate of drug-likeness (QED) is 0.115. The monoisotopic (exact) mass is 771 g/mol. The van der Waals surface area contributed by atoms with Crippen molar-refractivity contribution < 1.29 is 17.9 Å². The van der Waals surface area contributed by atoms with Gasteiger partial charge in [-0.1, -0.05) is 67.2 Å². The second-order valence-electron chi connectivity index (χ2n) is 12.9. The Labute approximate surface area is 312 Å². The van der Waals surface area contributed by atoms with Gasteiger partial charge in [-0.15, -0.1) is 0 Å². The summed E-state index contributed by atoms with van der Waals surface area (Å²) in [4.78, 5) is 22.1. The molecule has 0 spiro atoms. The van der Waals surface area contributed by atoms with Crippen molar-refractivity contribution in [3.63, 3.8) is 0 Å². The molecule has 2 N–H and O–H groups in total. The van der Waals surface area contributed by atoms with E-state index in [2.05, 4.69) is 35.4 Å². The van der Waals surface area contributed by atoms with Gasteiger partial charge in [0.2, 0.25) is 5.69 Å². The number of fused-ring (bicyclic) bond motifs is 1. The van der Waals surface area contributed by atoms with E-state index in [0.717, 1.165) is 29.5 Å². The van der Waals surface area contributed by atoms with Gasteiger partial charge in [0, 0.05) is 32.9 Å². The van der Waals surface area contributed by atoms with Gasteiger partial charge in [-0.25, -0.2) is 14.6 Å². The van der Waals surface area contributed by atoms with Crippen molar-refractivity contribution >= 4 is 80.7 Å². The molecule has 1 aliphatic rings. The Bertz CT molecular complexity index is 2170. The molecule has 50 heavy (non-hydrogen) atoms. The fraction of sp³-hybridized carbons (Fsp3) is 0.306. The minimum Gasteiger partial charge on any atom is -0.459 e. The topological polar surface area (TPSA) is 102 Å². The third kappa shape index (κ3) is 7.63. The van der Waals surface area contributed by atoms with E-state index in [4.69, 9.17) is 66.9 Å². The standard InChI is InChI=1S/C36H33Cl4N5O4S/c1-18-10-19(2)33(20(3)11-18)48-36(46)32-30(41-5)17-45-35(32)42-34(43-45)24-13-22(12-23-14-25(37)6-8-27(23)39)21(4)29(15-24)44-50(47)49-31-16-26(38)7-9-28(31)40/h6-9,13-20,33,44H,10-12H2,1-4H3,(H,42,43). The number of carbonyl (C=O) groups excluding carboxylic acids is 1. The first-order chi connectivity index (χ1) is 23.8. The number of benzene rings is 3. The maximum absolute atomic E-state index is 13.7. The SMILES string of the molecule is [C-]#[N+]c1cn2[nH]c(-c3cc(Cc4cc(Cl)ccc4Cl)c(C)c(NS(=O)Oc4cc(Cl)ccc4Cl)c3)nc2c1C(=O)OC1C(C)CC(C)CC1C. The van der Waals surface area contributed by atoms with Gasteiger partial charge in [-0.05, 0) is 103 Å². The van der Waals surface area contributed by atoms with Gasteiger partial charge in [0.05, 0.1) is 17.3 Å². The number of rotatable bonds is 9. The van der Waals surface area contributed by atoms with Crippen LogP contribution in [0.25, 0.3) is 21.9 Å². The largest absolute Gasteiger partial charge is 0.459 e. The summed E-state index contributed by atoms with van der Waals surface area (Å²) in [6.07, 6.45) is 3.58. The van der Waals surface area contributed by atoms with Gasteiger partial charge >= 0.3 is 17.2 Å². The molecule has 260 valence electrons. The van der Waals surface area contributed by atoms with Crippen LogP contribution < -0.4 is 8.91 Å². The highest BCUT2D eigenvalue weighted by Gasteiger charge is 2.35. The lowest BCUT2D eigenvalue weighted by Crippen LogP contribution is -2.37. The third-order valence-electron chi connectivity index (χ3n) is 9.07. The lowest BCUT2D eigenvalue weighted by atomic mass is 9.75. The normalized spacial score (nSPS) is 19.6. The molecule has 1 aliphatic carbocycles. The smallest absolute Gasteiger partial charge is 0.331 e. The van der Waals surface area contributed by atoms with Crippen molar-refractivity contribution in [2.45, 2.75) is 53.1 Å².